The fourth-order valence-electron chi connectivity index (χ4n) is 1.81. The Morgan fingerprint density at radius 1 is 1.06 bits per heavy atom. The van der Waals surface area contributed by atoms with Crippen LogP contribution in [0, 0.1) is 20.8 Å². The molecule has 0 radical (unpaired) electrons. The van der Waals surface area contributed by atoms with Crippen LogP contribution in [0.1, 0.15) is 17.0 Å². The number of aryl methyl sites for hydroxylation is 3. The number of benzene rings is 1. The number of nitrogens with zero attached hydrogens (tertiary/aromatic N) is 3. The van der Waals surface area contributed by atoms with Crippen LogP contribution in [0.4, 0.5) is 0 Å². The number of ether oxygens (including phenoxy) is 1. The lowest BCUT2D eigenvalue weighted by molar-refractivity contribution is 0.411. The van der Waals surface area contributed by atoms with E-state index < -0.39 is 0 Å². The second kappa shape index (κ2) is 4.90. The first-order valence-corrected chi connectivity index (χ1v) is 5.93. The molecular formula is C13H14ClN3O. The Morgan fingerprint density at radius 3 is 2.39 bits per heavy atom. The van der Waals surface area contributed by atoms with Gasteiger partial charge < -0.3 is 4.74 Å². The quantitative estimate of drug-likeness (QED) is 0.835. The van der Waals surface area contributed by atoms with Gasteiger partial charge in [0.1, 0.15) is 17.3 Å². The average Bonchev–Trinajstić information content (AvgIpc) is 2.32. The molecule has 0 atom stereocenters. The van der Waals surface area contributed by atoms with E-state index in [0.717, 1.165) is 22.4 Å². The van der Waals surface area contributed by atoms with E-state index in [0.29, 0.717) is 16.7 Å². The molecule has 0 saturated heterocycles. The van der Waals surface area contributed by atoms with Crippen molar-refractivity contribution < 1.29 is 4.74 Å². The van der Waals surface area contributed by atoms with Gasteiger partial charge in [-0.25, -0.2) is 4.98 Å². The maximum atomic E-state index is 6.12. The summed E-state index contributed by atoms with van der Waals surface area (Å²) in [5, 5.41) is 8.44. The molecule has 1 aromatic heterocycles. The molecule has 0 N–H and O–H groups in total. The van der Waals surface area contributed by atoms with E-state index >= 15 is 0 Å². The third kappa shape index (κ3) is 2.29. The van der Waals surface area contributed by atoms with Crippen LogP contribution >= 0.6 is 11.6 Å². The molecule has 0 spiro atoms. The first kappa shape index (κ1) is 12.8. The summed E-state index contributed by atoms with van der Waals surface area (Å²) in [5.41, 5.74) is 3.58. The Bertz CT molecular complexity index is 599. The Labute approximate surface area is 111 Å². The Hall–Kier alpha value is -1.68. The Balaban J connectivity index is 2.60. The van der Waals surface area contributed by atoms with Crippen LogP contribution in [-0.4, -0.2) is 22.3 Å². The molecule has 0 fully saturated rings. The van der Waals surface area contributed by atoms with Gasteiger partial charge in [-0.3, -0.25) is 0 Å². The van der Waals surface area contributed by atoms with Crippen LogP contribution < -0.4 is 4.74 Å². The first-order chi connectivity index (χ1) is 8.52. The van der Waals surface area contributed by atoms with Gasteiger partial charge in [0.25, 0.3) is 0 Å². The fraction of sp³-hybridized carbons (Fsp3) is 0.308. The van der Waals surface area contributed by atoms with E-state index in [1.807, 2.05) is 26.0 Å². The molecule has 18 heavy (non-hydrogen) atoms. The Morgan fingerprint density at radius 2 is 1.78 bits per heavy atom. The van der Waals surface area contributed by atoms with E-state index in [9.17, 15) is 0 Å². The summed E-state index contributed by atoms with van der Waals surface area (Å²) in [6.45, 7) is 5.72. The lowest BCUT2D eigenvalue weighted by Gasteiger charge is -2.11. The van der Waals surface area contributed by atoms with Gasteiger partial charge in [0.2, 0.25) is 0 Å². The van der Waals surface area contributed by atoms with E-state index in [1.165, 1.54) is 0 Å². The van der Waals surface area contributed by atoms with Crippen molar-refractivity contribution in [2.24, 2.45) is 0 Å². The van der Waals surface area contributed by atoms with Gasteiger partial charge in [-0.15, -0.1) is 10.2 Å². The van der Waals surface area contributed by atoms with E-state index in [1.54, 1.807) is 14.0 Å². The largest absolute Gasteiger partial charge is 0.496 e. The predicted octanol–water partition coefficient (Wildman–Crippen LogP) is 3.13. The van der Waals surface area contributed by atoms with Gasteiger partial charge in [0, 0.05) is 5.56 Å². The zero-order valence-corrected chi connectivity index (χ0v) is 11.5. The van der Waals surface area contributed by atoms with Crippen molar-refractivity contribution >= 4 is 11.6 Å². The van der Waals surface area contributed by atoms with Crippen LogP contribution in [0.2, 0.25) is 5.15 Å². The van der Waals surface area contributed by atoms with Crippen LogP contribution in [0.5, 0.6) is 5.75 Å². The molecule has 1 aromatic carbocycles. The van der Waals surface area contributed by atoms with Crippen molar-refractivity contribution in [1.29, 1.82) is 0 Å². The number of hydrogen-bond acceptors (Lipinski definition) is 4. The average molecular weight is 264 g/mol. The van der Waals surface area contributed by atoms with Crippen molar-refractivity contribution in [3.63, 3.8) is 0 Å². The molecule has 0 bridgehead atoms. The minimum absolute atomic E-state index is 0.371. The summed E-state index contributed by atoms with van der Waals surface area (Å²) in [6.07, 6.45) is 0. The van der Waals surface area contributed by atoms with Crippen LogP contribution in [0.25, 0.3) is 11.3 Å². The standard InChI is InChI=1S/C13H14ClN3O/c1-7-6-11(18-4)8(2)5-10(7)12-13(14)15-9(3)16-17-12/h5-6H,1-4H3. The van der Waals surface area contributed by atoms with Crippen molar-refractivity contribution in [1.82, 2.24) is 15.2 Å². The molecule has 0 unspecified atom stereocenters. The molecule has 0 saturated carbocycles. The second-order valence-corrected chi connectivity index (χ2v) is 4.49. The number of hydrogen-bond donors (Lipinski definition) is 0. The maximum Gasteiger partial charge on any atom is 0.159 e. The predicted molar refractivity (Wildman–Crippen MR) is 71.0 cm³/mol. The van der Waals surface area contributed by atoms with Gasteiger partial charge in [-0.05, 0) is 44.0 Å². The van der Waals surface area contributed by atoms with Crippen molar-refractivity contribution in [2.75, 3.05) is 7.11 Å². The second-order valence-electron chi connectivity index (χ2n) is 4.14. The normalized spacial score (nSPS) is 10.5. The van der Waals surface area contributed by atoms with Gasteiger partial charge in [-0.2, -0.15) is 0 Å². The Kier molecular flexibility index (Phi) is 3.48. The third-order valence-corrected chi connectivity index (χ3v) is 3.01. The molecule has 2 aromatic rings. The number of rotatable bonds is 2. The summed E-state index contributed by atoms with van der Waals surface area (Å²) >= 11 is 6.12. The number of aromatic nitrogens is 3. The van der Waals surface area contributed by atoms with Gasteiger partial charge in [-0.1, -0.05) is 11.6 Å². The zero-order chi connectivity index (χ0) is 13.3. The number of halogens is 1. The number of methoxy groups -OCH3 is 1. The van der Waals surface area contributed by atoms with Crippen LogP contribution in [-0.2, 0) is 0 Å². The highest BCUT2D eigenvalue weighted by Crippen LogP contribution is 2.31. The molecule has 0 aliphatic heterocycles. The summed E-state index contributed by atoms with van der Waals surface area (Å²) in [4.78, 5) is 4.12. The SMILES string of the molecule is COc1cc(C)c(-c2nnc(C)nc2Cl)cc1C. The maximum absolute atomic E-state index is 6.12. The van der Waals surface area contributed by atoms with Crippen molar-refractivity contribution in [2.45, 2.75) is 20.8 Å². The molecule has 4 nitrogen and oxygen atoms in total. The molecule has 0 aliphatic carbocycles. The molecule has 5 heteroatoms. The van der Waals surface area contributed by atoms with Crippen LogP contribution in [0.3, 0.4) is 0 Å². The van der Waals surface area contributed by atoms with E-state index in [2.05, 4.69) is 15.2 Å². The van der Waals surface area contributed by atoms with Crippen molar-refractivity contribution in [3.8, 4) is 17.0 Å². The molecule has 0 amide bonds. The van der Waals surface area contributed by atoms with Crippen molar-refractivity contribution in [3.05, 3.63) is 34.2 Å². The smallest absolute Gasteiger partial charge is 0.159 e. The molecule has 2 rings (SSSR count). The lowest BCUT2D eigenvalue weighted by atomic mass is 10.0. The summed E-state index contributed by atoms with van der Waals surface area (Å²) in [5.74, 6) is 1.41. The third-order valence-electron chi connectivity index (χ3n) is 2.75. The molecule has 0 aliphatic rings. The minimum atomic E-state index is 0.371. The van der Waals surface area contributed by atoms with Gasteiger partial charge >= 0.3 is 0 Å². The molecular weight excluding hydrogens is 250 g/mol. The zero-order valence-electron chi connectivity index (χ0n) is 10.8. The lowest BCUT2D eigenvalue weighted by Crippen LogP contribution is -1.98. The first-order valence-electron chi connectivity index (χ1n) is 5.55. The van der Waals surface area contributed by atoms with Crippen LogP contribution in [0.15, 0.2) is 12.1 Å². The molecule has 1 heterocycles. The van der Waals surface area contributed by atoms with Gasteiger partial charge in [0.15, 0.2) is 5.15 Å². The summed E-state index contributed by atoms with van der Waals surface area (Å²) in [7, 11) is 1.65. The van der Waals surface area contributed by atoms with E-state index in [4.69, 9.17) is 16.3 Å². The monoisotopic (exact) mass is 263 g/mol. The highest BCUT2D eigenvalue weighted by molar-refractivity contribution is 6.31. The highest BCUT2D eigenvalue weighted by Gasteiger charge is 2.13. The summed E-state index contributed by atoms with van der Waals surface area (Å²) < 4.78 is 5.28. The molecule has 94 valence electrons. The summed E-state index contributed by atoms with van der Waals surface area (Å²) in [6, 6.07) is 3.95. The minimum Gasteiger partial charge on any atom is -0.496 e. The topological polar surface area (TPSA) is 47.9 Å². The highest BCUT2D eigenvalue weighted by atomic mass is 35.5. The fourth-order valence-corrected chi connectivity index (χ4v) is 2.07. The van der Waals surface area contributed by atoms with E-state index in [-0.39, 0.29) is 0 Å². The van der Waals surface area contributed by atoms with Gasteiger partial charge in [0.05, 0.1) is 7.11 Å².